The van der Waals surface area contributed by atoms with E-state index in [0.29, 0.717) is 11.5 Å². The number of rotatable bonds is 2. The largest absolute Gasteiger partial charge is 0.454 e. The Morgan fingerprint density at radius 2 is 2.29 bits per heavy atom. The van der Waals surface area contributed by atoms with Crippen LogP contribution in [0.5, 0.6) is 11.5 Å². The molecule has 0 saturated heterocycles. The number of hydrogen-bond donors (Lipinski definition) is 1. The molecule has 14 heavy (non-hydrogen) atoms. The van der Waals surface area contributed by atoms with Gasteiger partial charge < -0.3 is 14.6 Å². The molecule has 0 spiro atoms. The minimum atomic E-state index is -0.584. The van der Waals surface area contributed by atoms with Crippen LogP contribution in [0.25, 0.3) is 6.08 Å². The standard InChI is InChI=1S/C11H12O3/c1-3-8-4-5-9-11(14-6-13-9)10(8)7(2)12/h3-5,7,12H,1,6H2,2H3. The van der Waals surface area contributed by atoms with Crippen molar-refractivity contribution in [2.24, 2.45) is 0 Å². The van der Waals surface area contributed by atoms with E-state index in [1.165, 1.54) is 0 Å². The maximum absolute atomic E-state index is 9.62. The molecule has 1 unspecified atom stereocenters. The average molecular weight is 192 g/mol. The Hall–Kier alpha value is -1.48. The van der Waals surface area contributed by atoms with E-state index in [0.717, 1.165) is 11.1 Å². The lowest BCUT2D eigenvalue weighted by molar-refractivity contribution is 0.164. The molecule has 0 fully saturated rings. The number of ether oxygens (including phenoxy) is 2. The van der Waals surface area contributed by atoms with Gasteiger partial charge in [-0.15, -0.1) is 0 Å². The van der Waals surface area contributed by atoms with E-state index in [4.69, 9.17) is 9.47 Å². The van der Waals surface area contributed by atoms with Gasteiger partial charge in [0.2, 0.25) is 6.79 Å². The molecule has 3 heteroatoms. The van der Waals surface area contributed by atoms with Crippen molar-refractivity contribution in [3.05, 3.63) is 29.8 Å². The summed E-state index contributed by atoms with van der Waals surface area (Å²) in [6.45, 7) is 5.61. The van der Waals surface area contributed by atoms with Gasteiger partial charge in [-0.05, 0) is 18.6 Å². The van der Waals surface area contributed by atoms with Crippen molar-refractivity contribution in [3.63, 3.8) is 0 Å². The molecule has 1 aliphatic heterocycles. The minimum absolute atomic E-state index is 0.218. The summed E-state index contributed by atoms with van der Waals surface area (Å²) in [6.07, 6.45) is 1.11. The van der Waals surface area contributed by atoms with Gasteiger partial charge in [-0.1, -0.05) is 18.7 Å². The SMILES string of the molecule is C=Cc1ccc2c(c1C(C)O)OCO2. The van der Waals surface area contributed by atoms with Crippen LogP contribution in [0.1, 0.15) is 24.2 Å². The van der Waals surface area contributed by atoms with Crippen LogP contribution in [0.2, 0.25) is 0 Å². The minimum Gasteiger partial charge on any atom is -0.454 e. The predicted molar refractivity (Wildman–Crippen MR) is 53.3 cm³/mol. The Labute approximate surface area is 82.6 Å². The average Bonchev–Trinajstić information content (AvgIpc) is 2.62. The van der Waals surface area contributed by atoms with Crippen LogP contribution in [0, 0.1) is 0 Å². The van der Waals surface area contributed by atoms with Gasteiger partial charge in [-0.3, -0.25) is 0 Å². The molecule has 1 aromatic rings. The van der Waals surface area contributed by atoms with Crippen LogP contribution < -0.4 is 9.47 Å². The van der Waals surface area contributed by atoms with E-state index in [-0.39, 0.29) is 6.79 Å². The normalized spacial score (nSPS) is 15.3. The first-order valence-electron chi connectivity index (χ1n) is 4.47. The van der Waals surface area contributed by atoms with Crippen LogP contribution in [0.4, 0.5) is 0 Å². The Morgan fingerprint density at radius 3 is 2.93 bits per heavy atom. The lowest BCUT2D eigenvalue weighted by Gasteiger charge is -2.11. The first-order valence-corrected chi connectivity index (χ1v) is 4.47. The van der Waals surface area contributed by atoms with Gasteiger partial charge in [0.1, 0.15) is 0 Å². The van der Waals surface area contributed by atoms with Crippen molar-refractivity contribution >= 4 is 6.08 Å². The smallest absolute Gasteiger partial charge is 0.231 e. The fraction of sp³-hybridized carbons (Fsp3) is 0.273. The van der Waals surface area contributed by atoms with E-state index < -0.39 is 6.10 Å². The fourth-order valence-electron chi connectivity index (χ4n) is 1.62. The Bertz CT molecular complexity index is 369. The predicted octanol–water partition coefficient (Wildman–Crippen LogP) is 2.11. The summed E-state index contributed by atoms with van der Waals surface area (Å²) in [5.41, 5.74) is 1.62. The Kier molecular flexibility index (Phi) is 2.17. The van der Waals surface area contributed by atoms with Crippen molar-refractivity contribution in [2.75, 3.05) is 6.79 Å². The third-order valence-corrected chi connectivity index (χ3v) is 2.25. The molecule has 1 heterocycles. The van der Waals surface area contributed by atoms with Gasteiger partial charge in [0, 0.05) is 5.56 Å². The summed E-state index contributed by atoms with van der Waals surface area (Å²) in [7, 11) is 0. The zero-order valence-electron chi connectivity index (χ0n) is 7.99. The van der Waals surface area contributed by atoms with E-state index in [1.807, 2.05) is 12.1 Å². The molecule has 0 amide bonds. The first-order chi connectivity index (χ1) is 6.74. The second-order valence-electron chi connectivity index (χ2n) is 3.18. The number of aliphatic hydroxyl groups excluding tert-OH is 1. The third kappa shape index (κ3) is 1.26. The number of fused-ring (bicyclic) bond motifs is 1. The van der Waals surface area contributed by atoms with Gasteiger partial charge in [0.05, 0.1) is 6.10 Å². The van der Waals surface area contributed by atoms with Gasteiger partial charge in [-0.2, -0.15) is 0 Å². The quantitative estimate of drug-likeness (QED) is 0.780. The molecule has 1 aromatic carbocycles. The first kappa shape index (κ1) is 9.09. The summed E-state index contributed by atoms with van der Waals surface area (Å²) >= 11 is 0. The molecule has 0 aromatic heterocycles. The van der Waals surface area contributed by atoms with Gasteiger partial charge in [-0.25, -0.2) is 0 Å². The second-order valence-corrected chi connectivity index (χ2v) is 3.18. The highest BCUT2D eigenvalue weighted by Gasteiger charge is 2.22. The highest BCUT2D eigenvalue weighted by Crippen LogP contribution is 2.40. The topological polar surface area (TPSA) is 38.7 Å². The summed E-state index contributed by atoms with van der Waals surface area (Å²) in [4.78, 5) is 0. The van der Waals surface area contributed by atoms with Crippen molar-refractivity contribution in [1.29, 1.82) is 0 Å². The molecule has 0 bridgehead atoms. The molecular weight excluding hydrogens is 180 g/mol. The van der Waals surface area contributed by atoms with E-state index in [2.05, 4.69) is 6.58 Å². The van der Waals surface area contributed by atoms with Gasteiger partial charge in [0.15, 0.2) is 11.5 Å². The molecular formula is C11H12O3. The molecule has 0 aliphatic carbocycles. The molecule has 1 aliphatic rings. The molecule has 3 nitrogen and oxygen atoms in total. The summed E-state index contributed by atoms with van der Waals surface area (Å²) in [5, 5.41) is 9.62. The molecule has 0 saturated carbocycles. The van der Waals surface area contributed by atoms with Gasteiger partial charge in [0.25, 0.3) is 0 Å². The lowest BCUT2D eigenvalue weighted by atomic mass is 10.0. The maximum Gasteiger partial charge on any atom is 0.231 e. The summed E-state index contributed by atoms with van der Waals surface area (Å²) in [6, 6.07) is 3.69. The van der Waals surface area contributed by atoms with E-state index >= 15 is 0 Å². The molecule has 1 N–H and O–H groups in total. The van der Waals surface area contributed by atoms with Crippen LogP contribution >= 0.6 is 0 Å². The second kappa shape index (κ2) is 3.35. The maximum atomic E-state index is 9.62. The van der Waals surface area contributed by atoms with Crippen LogP contribution in [-0.4, -0.2) is 11.9 Å². The Morgan fingerprint density at radius 1 is 1.50 bits per heavy atom. The van der Waals surface area contributed by atoms with Crippen molar-refractivity contribution in [3.8, 4) is 11.5 Å². The molecule has 74 valence electrons. The highest BCUT2D eigenvalue weighted by molar-refractivity contribution is 5.62. The Balaban J connectivity index is 2.62. The number of hydrogen-bond acceptors (Lipinski definition) is 3. The lowest BCUT2D eigenvalue weighted by Crippen LogP contribution is -1.98. The monoisotopic (exact) mass is 192 g/mol. The van der Waals surface area contributed by atoms with Crippen LogP contribution in [-0.2, 0) is 0 Å². The summed E-state index contributed by atoms with van der Waals surface area (Å²) < 4.78 is 10.5. The van der Waals surface area contributed by atoms with Crippen molar-refractivity contribution < 1.29 is 14.6 Å². The molecule has 2 rings (SSSR count). The number of benzene rings is 1. The summed E-state index contributed by atoms with van der Waals surface area (Å²) in [5.74, 6) is 1.32. The number of aliphatic hydroxyl groups is 1. The van der Waals surface area contributed by atoms with Crippen molar-refractivity contribution in [1.82, 2.24) is 0 Å². The van der Waals surface area contributed by atoms with Gasteiger partial charge >= 0.3 is 0 Å². The highest BCUT2D eigenvalue weighted by atomic mass is 16.7. The van der Waals surface area contributed by atoms with Crippen LogP contribution in [0.15, 0.2) is 18.7 Å². The van der Waals surface area contributed by atoms with Crippen molar-refractivity contribution in [2.45, 2.75) is 13.0 Å². The molecule has 1 atom stereocenters. The van der Waals surface area contributed by atoms with E-state index in [1.54, 1.807) is 13.0 Å². The van der Waals surface area contributed by atoms with E-state index in [9.17, 15) is 5.11 Å². The third-order valence-electron chi connectivity index (χ3n) is 2.25. The zero-order chi connectivity index (χ0) is 10.1. The van der Waals surface area contributed by atoms with Crippen LogP contribution in [0.3, 0.4) is 0 Å². The molecule has 0 radical (unpaired) electrons. The fourth-order valence-corrected chi connectivity index (χ4v) is 1.62. The zero-order valence-corrected chi connectivity index (χ0v) is 7.99.